The van der Waals surface area contributed by atoms with Crippen molar-refractivity contribution in [2.45, 2.75) is 18.7 Å². The molecule has 2 nitrogen and oxygen atoms in total. The van der Waals surface area contributed by atoms with Crippen molar-refractivity contribution in [1.82, 2.24) is 4.90 Å². The summed E-state index contributed by atoms with van der Waals surface area (Å²) in [4.78, 5) is 12.9. The van der Waals surface area contributed by atoms with E-state index >= 15 is 0 Å². The Kier molecular flexibility index (Phi) is 1.41. The lowest BCUT2D eigenvalue weighted by Gasteiger charge is -2.45. The van der Waals surface area contributed by atoms with Crippen molar-refractivity contribution in [2.75, 3.05) is 12.3 Å². The van der Waals surface area contributed by atoms with Crippen molar-refractivity contribution >= 4 is 17.7 Å². The Morgan fingerprint density at radius 2 is 2.50 bits per heavy atom. The van der Waals surface area contributed by atoms with Crippen molar-refractivity contribution < 1.29 is 4.79 Å². The molecule has 0 aliphatic carbocycles. The maximum atomic E-state index is 10.9. The van der Waals surface area contributed by atoms with Gasteiger partial charge in [0.15, 0.2) is 0 Å². The maximum Gasteiger partial charge on any atom is 0.226 e. The molecular formula is C7H11NOS. The number of nitrogens with zero attached hydrogens (tertiary/aromatic N) is 1. The van der Waals surface area contributed by atoms with Crippen LogP contribution in [0.5, 0.6) is 0 Å². The minimum Gasteiger partial charge on any atom is -0.330 e. The van der Waals surface area contributed by atoms with Gasteiger partial charge in [-0.05, 0) is 11.7 Å². The number of hydrogen-bond donors (Lipinski definition) is 0. The molecule has 2 aliphatic heterocycles. The van der Waals surface area contributed by atoms with Gasteiger partial charge in [0.2, 0.25) is 5.91 Å². The summed E-state index contributed by atoms with van der Waals surface area (Å²) in [5.41, 5.74) is 0. The molecule has 56 valence electrons. The molecule has 0 radical (unpaired) electrons. The minimum absolute atomic E-state index is 0.351. The number of β-lactam (4-membered cyclic amide) rings is 1. The van der Waals surface area contributed by atoms with Crippen LogP contribution in [-0.2, 0) is 4.79 Å². The highest BCUT2D eigenvalue weighted by Gasteiger charge is 2.39. The van der Waals surface area contributed by atoms with Crippen molar-refractivity contribution in [3.05, 3.63) is 0 Å². The molecule has 1 unspecified atom stereocenters. The fourth-order valence-electron chi connectivity index (χ4n) is 1.46. The molecule has 1 amide bonds. The second-order valence-electron chi connectivity index (χ2n) is 3.14. The van der Waals surface area contributed by atoms with Crippen LogP contribution in [-0.4, -0.2) is 28.5 Å². The molecule has 0 aromatic carbocycles. The molecule has 3 heteroatoms. The standard InChI is InChI=1S/C7H11NOS/c1-5-3-8-6(9)2-7(8)10-4-5/h5,7H,2-4H2,1H3/t5?,7-/m0/s1. The Morgan fingerprint density at radius 1 is 1.70 bits per heavy atom. The van der Waals surface area contributed by atoms with E-state index in [9.17, 15) is 4.79 Å². The smallest absolute Gasteiger partial charge is 0.226 e. The Bertz CT molecular complexity index is 171. The SMILES string of the molecule is CC1CS[C@H]2CC(=O)N2C1. The van der Waals surface area contributed by atoms with Crippen molar-refractivity contribution in [2.24, 2.45) is 5.92 Å². The van der Waals surface area contributed by atoms with E-state index in [1.165, 1.54) is 5.75 Å². The zero-order chi connectivity index (χ0) is 7.14. The summed E-state index contributed by atoms with van der Waals surface area (Å²) in [6.07, 6.45) is 0.789. The number of amides is 1. The fraction of sp³-hybridized carbons (Fsp3) is 0.857. The first-order valence-electron chi connectivity index (χ1n) is 3.68. The first-order chi connectivity index (χ1) is 4.77. The molecule has 2 aliphatic rings. The van der Waals surface area contributed by atoms with E-state index in [4.69, 9.17) is 0 Å². The van der Waals surface area contributed by atoms with Gasteiger partial charge in [-0.25, -0.2) is 0 Å². The summed E-state index contributed by atoms with van der Waals surface area (Å²) in [7, 11) is 0. The van der Waals surface area contributed by atoms with Crippen molar-refractivity contribution in [1.29, 1.82) is 0 Å². The van der Waals surface area contributed by atoms with Gasteiger partial charge in [-0.2, -0.15) is 0 Å². The Balaban J connectivity index is 2.00. The summed E-state index contributed by atoms with van der Waals surface area (Å²) in [5.74, 6) is 2.28. The van der Waals surface area contributed by atoms with E-state index in [-0.39, 0.29) is 0 Å². The van der Waals surface area contributed by atoms with Crippen LogP contribution >= 0.6 is 11.8 Å². The van der Waals surface area contributed by atoms with Crippen LogP contribution in [0.3, 0.4) is 0 Å². The molecule has 0 saturated carbocycles. The molecule has 0 aromatic rings. The predicted octanol–water partition coefficient (Wildman–Crippen LogP) is 0.928. The number of carbonyl (C=O) groups excluding carboxylic acids is 1. The lowest BCUT2D eigenvalue weighted by Crippen LogP contribution is -2.55. The molecule has 2 rings (SSSR count). The van der Waals surface area contributed by atoms with Gasteiger partial charge in [0, 0.05) is 6.54 Å². The molecular weight excluding hydrogens is 146 g/mol. The molecule has 0 N–H and O–H groups in total. The summed E-state index contributed by atoms with van der Waals surface area (Å²) in [6, 6.07) is 0. The first kappa shape index (κ1) is 6.53. The summed E-state index contributed by atoms with van der Waals surface area (Å²) in [5, 5.41) is 0.545. The lowest BCUT2D eigenvalue weighted by molar-refractivity contribution is -0.142. The number of fused-ring (bicyclic) bond motifs is 1. The van der Waals surface area contributed by atoms with Gasteiger partial charge in [-0.1, -0.05) is 6.92 Å². The van der Waals surface area contributed by atoms with E-state index in [2.05, 4.69) is 6.92 Å². The van der Waals surface area contributed by atoms with Crippen LogP contribution in [0.15, 0.2) is 0 Å². The zero-order valence-electron chi connectivity index (χ0n) is 6.04. The van der Waals surface area contributed by atoms with Crippen LogP contribution in [0.1, 0.15) is 13.3 Å². The quantitative estimate of drug-likeness (QED) is 0.487. The van der Waals surface area contributed by atoms with E-state index in [1.54, 1.807) is 0 Å². The Labute approximate surface area is 65.0 Å². The summed E-state index contributed by atoms with van der Waals surface area (Å²) in [6.45, 7) is 3.20. The van der Waals surface area contributed by atoms with Crippen molar-refractivity contribution in [3.8, 4) is 0 Å². The molecule has 2 heterocycles. The average molecular weight is 157 g/mol. The van der Waals surface area contributed by atoms with E-state index < -0.39 is 0 Å². The largest absolute Gasteiger partial charge is 0.330 e. The molecule has 0 spiro atoms. The van der Waals surface area contributed by atoms with Crippen LogP contribution in [0, 0.1) is 5.92 Å². The molecule has 10 heavy (non-hydrogen) atoms. The zero-order valence-corrected chi connectivity index (χ0v) is 6.86. The fourth-order valence-corrected chi connectivity index (χ4v) is 2.76. The van der Waals surface area contributed by atoms with Crippen LogP contribution in [0.4, 0.5) is 0 Å². The van der Waals surface area contributed by atoms with Gasteiger partial charge >= 0.3 is 0 Å². The topological polar surface area (TPSA) is 20.3 Å². The van der Waals surface area contributed by atoms with Gasteiger partial charge in [0.1, 0.15) is 0 Å². The highest BCUT2D eigenvalue weighted by atomic mass is 32.2. The lowest BCUT2D eigenvalue weighted by atomic mass is 10.1. The third-order valence-corrected chi connectivity index (χ3v) is 3.67. The second kappa shape index (κ2) is 2.16. The second-order valence-corrected chi connectivity index (χ2v) is 4.35. The molecule has 2 saturated heterocycles. The van der Waals surface area contributed by atoms with Gasteiger partial charge in [0.25, 0.3) is 0 Å². The van der Waals surface area contributed by atoms with E-state index in [0.29, 0.717) is 17.2 Å². The normalized spacial score (nSPS) is 38.9. The van der Waals surface area contributed by atoms with E-state index in [1.807, 2.05) is 16.7 Å². The highest BCUT2D eigenvalue weighted by Crippen LogP contribution is 2.35. The third-order valence-electron chi connectivity index (χ3n) is 2.10. The van der Waals surface area contributed by atoms with Gasteiger partial charge in [-0.3, -0.25) is 4.79 Å². The van der Waals surface area contributed by atoms with Gasteiger partial charge in [-0.15, -0.1) is 11.8 Å². The Hall–Kier alpha value is -0.180. The van der Waals surface area contributed by atoms with E-state index in [0.717, 1.165) is 13.0 Å². The number of carbonyl (C=O) groups is 1. The molecule has 2 atom stereocenters. The molecule has 2 fully saturated rings. The molecule has 0 bridgehead atoms. The number of rotatable bonds is 0. The highest BCUT2D eigenvalue weighted by molar-refractivity contribution is 8.00. The van der Waals surface area contributed by atoms with Gasteiger partial charge < -0.3 is 4.90 Å². The predicted molar refractivity (Wildman–Crippen MR) is 41.7 cm³/mol. The summed E-state index contributed by atoms with van der Waals surface area (Å²) < 4.78 is 0. The number of thioether (sulfide) groups is 1. The molecule has 0 aromatic heterocycles. The minimum atomic E-state index is 0.351. The first-order valence-corrected chi connectivity index (χ1v) is 4.73. The van der Waals surface area contributed by atoms with Crippen molar-refractivity contribution in [3.63, 3.8) is 0 Å². The maximum absolute atomic E-state index is 10.9. The van der Waals surface area contributed by atoms with Crippen LogP contribution in [0.2, 0.25) is 0 Å². The Morgan fingerprint density at radius 3 is 3.10 bits per heavy atom. The van der Waals surface area contributed by atoms with Gasteiger partial charge in [0.05, 0.1) is 11.8 Å². The number of hydrogen-bond acceptors (Lipinski definition) is 2. The monoisotopic (exact) mass is 157 g/mol. The van der Waals surface area contributed by atoms with Crippen LogP contribution < -0.4 is 0 Å². The third kappa shape index (κ3) is 0.839. The average Bonchev–Trinajstić information content (AvgIpc) is 1.92. The summed E-state index contributed by atoms with van der Waals surface area (Å²) >= 11 is 1.93. The van der Waals surface area contributed by atoms with Crippen LogP contribution in [0.25, 0.3) is 0 Å².